The molecular weight excluding hydrogens is 594 g/mol. The number of hydrogen-bond donors (Lipinski definition) is 2. The van der Waals surface area contributed by atoms with Crippen molar-refractivity contribution in [1.29, 1.82) is 0 Å². The number of sulfonamides is 1. The molecule has 0 aliphatic carbocycles. The second-order valence-corrected chi connectivity index (χ2v) is 13.5. The third kappa shape index (κ3) is 5.02. The van der Waals surface area contributed by atoms with E-state index in [1.54, 1.807) is 17.4 Å². The van der Waals surface area contributed by atoms with Crippen molar-refractivity contribution in [3.8, 4) is 17.1 Å². The highest BCUT2D eigenvalue weighted by Crippen LogP contribution is 2.35. The molecule has 0 bridgehead atoms. The lowest BCUT2D eigenvalue weighted by molar-refractivity contribution is 0.122. The molecule has 2 saturated heterocycles. The number of aryl methyl sites for hydroxylation is 1. The van der Waals surface area contributed by atoms with E-state index in [1.807, 2.05) is 0 Å². The lowest BCUT2D eigenvalue weighted by Gasteiger charge is -2.29. The third-order valence-corrected chi connectivity index (χ3v) is 10.3. The van der Waals surface area contributed by atoms with Crippen LogP contribution in [0.2, 0.25) is 0 Å². The molecule has 0 saturated carbocycles. The van der Waals surface area contributed by atoms with Crippen LogP contribution < -0.4 is 10.2 Å². The molecule has 0 spiro atoms. The molecule has 12 heteroatoms. The maximum absolute atomic E-state index is 12.3. The van der Waals surface area contributed by atoms with Gasteiger partial charge in [-0.3, -0.25) is 0 Å². The van der Waals surface area contributed by atoms with Crippen LogP contribution in [-0.2, 0) is 14.8 Å². The Morgan fingerprint density at radius 3 is 2.58 bits per heavy atom. The van der Waals surface area contributed by atoms with Gasteiger partial charge >= 0.3 is 0 Å². The number of anilines is 2. The number of ether oxygens (including phenoxy) is 1. The fourth-order valence-electron chi connectivity index (χ4n) is 5.71. The van der Waals surface area contributed by atoms with E-state index < -0.39 is 10.0 Å². The Balaban J connectivity index is 1.28. The maximum atomic E-state index is 12.3. The largest absolute Gasteiger partial charge is 0.378 e. The van der Waals surface area contributed by atoms with E-state index in [9.17, 15) is 8.42 Å². The summed E-state index contributed by atoms with van der Waals surface area (Å²) in [6, 6.07) is 10.8. The number of morpholine rings is 1. The summed E-state index contributed by atoms with van der Waals surface area (Å²) < 4.78 is 34.8. The van der Waals surface area contributed by atoms with Crippen LogP contribution in [0, 0.1) is 13.8 Å². The van der Waals surface area contributed by atoms with Gasteiger partial charge in [-0.25, -0.2) is 18.4 Å². The highest BCUT2D eigenvalue weighted by atomic mass is 79.9. The molecule has 0 unspecified atom stereocenters. The van der Waals surface area contributed by atoms with Crippen molar-refractivity contribution in [1.82, 2.24) is 23.8 Å². The molecule has 4 aromatic rings. The first-order valence-corrected chi connectivity index (χ1v) is 16.1. The Hall–Kier alpha value is -2.93. The molecular formula is C28H34BrN7O3S. The van der Waals surface area contributed by atoms with Crippen molar-refractivity contribution >= 4 is 48.5 Å². The first-order valence-electron chi connectivity index (χ1n) is 13.7. The van der Waals surface area contributed by atoms with Crippen molar-refractivity contribution in [2.24, 2.45) is 0 Å². The number of nitrogens with one attached hydrogen (secondary N) is 2. The Morgan fingerprint density at radius 2 is 1.85 bits per heavy atom. The predicted molar refractivity (Wildman–Crippen MR) is 162 cm³/mol. The molecule has 2 N–H and O–H groups in total. The molecule has 40 heavy (non-hydrogen) atoms. The van der Waals surface area contributed by atoms with Gasteiger partial charge < -0.3 is 24.5 Å². The van der Waals surface area contributed by atoms with E-state index in [2.05, 4.69) is 84.9 Å². The summed E-state index contributed by atoms with van der Waals surface area (Å²) in [5.41, 5.74) is 7.74. The van der Waals surface area contributed by atoms with Gasteiger partial charge in [-0.05, 0) is 73.5 Å². The molecule has 212 valence electrons. The van der Waals surface area contributed by atoms with Crippen molar-refractivity contribution in [3.63, 3.8) is 0 Å². The minimum absolute atomic E-state index is 0.00567. The number of rotatable bonds is 7. The average molecular weight is 629 g/mol. The number of nitrogens with zero attached hydrogens (tertiary/aromatic N) is 5. The topological polar surface area (TPSA) is 108 Å². The van der Waals surface area contributed by atoms with Gasteiger partial charge in [0.25, 0.3) is 0 Å². The quantitative estimate of drug-likeness (QED) is 0.311. The summed E-state index contributed by atoms with van der Waals surface area (Å²) in [6.45, 7) is 10.2. The first kappa shape index (κ1) is 27.3. The van der Waals surface area contributed by atoms with E-state index in [0.717, 1.165) is 76.9 Å². The van der Waals surface area contributed by atoms with Crippen LogP contribution in [0.15, 0.2) is 41.0 Å². The van der Waals surface area contributed by atoms with Gasteiger partial charge in [0.15, 0.2) is 5.65 Å². The zero-order valence-electron chi connectivity index (χ0n) is 22.9. The zero-order chi connectivity index (χ0) is 28.0. The van der Waals surface area contributed by atoms with E-state index in [4.69, 9.17) is 9.72 Å². The summed E-state index contributed by atoms with van der Waals surface area (Å²) in [5, 5.41) is 3.54. The summed E-state index contributed by atoms with van der Waals surface area (Å²) >= 11 is 3.63. The molecule has 2 fully saturated rings. The molecule has 5 heterocycles. The van der Waals surface area contributed by atoms with E-state index in [1.165, 1.54) is 5.69 Å². The Kier molecular flexibility index (Phi) is 7.36. The molecule has 1 aromatic carbocycles. The molecule has 3 aromatic heterocycles. The highest BCUT2D eigenvalue weighted by Gasteiger charge is 2.31. The summed E-state index contributed by atoms with van der Waals surface area (Å²) in [7, 11) is -3.21. The van der Waals surface area contributed by atoms with Gasteiger partial charge in [-0.2, -0.15) is 4.31 Å². The van der Waals surface area contributed by atoms with Crippen LogP contribution in [0.25, 0.3) is 28.2 Å². The van der Waals surface area contributed by atoms with Crippen LogP contribution >= 0.6 is 15.9 Å². The van der Waals surface area contributed by atoms with Crippen LogP contribution in [0.1, 0.15) is 24.7 Å². The Bertz CT molecular complexity index is 1640. The average Bonchev–Trinajstić information content (AvgIpc) is 3.68. The van der Waals surface area contributed by atoms with Crippen LogP contribution in [0.4, 0.5) is 11.4 Å². The minimum Gasteiger partial charge on any atom is -0.378 e. The standard InChI is InChI=1S/C28H34BrN7O3S/c1-4-40(37,38)35-10-9-20(17-35)31-25-24(29)16-30-28-26(25)32-27(33-28)23-15-18(2)36(19(23)3)22-7-5-21(6-8-22)34-11-13-39-14-12-34/h5-8,15-16,20H,4,9-14,17H2,1-3H3,(H2,30,31,32,33)/t20-/m0/s1. The van der Waals surface area contributed by atoms with Crippen molar-refractivity contribution in [3.05, 3.63) is 52.4 Å². The minimum atomic E-state index is -3.21. The van der Waals surface area contributed by atoms with Gasteiger partial charge in [0.2, 0.25) is 10.0 Å². The van der Waals surface area contributed by atoms with E-state index >= 15 is 0 Å². The molecule has 2 aliphatic heterocycles. The number of fused-ring (bicyclic) bond motifs is 1. The van der Waals surface area contributed by atoms with E-state index in [-0.39, 0.29) is 11.8 Å². The van der Waals surface area contributed by atoms with Crippen LogP contribution in [0.5, 0.6) is 0 Å². The smallest absolute Gasteiger partial charge is 0.213 e. The number of imidazole rings is 1. The Morgan fingerprint density at radius 1 is 1.12 bits per heavy atom. The van der Waals surface area contributed by atoms with Gasteiger partial charge in [0.05, 0.1) is 29.1 Å². The number of pyridine rings is 1. The molecule has 10 nitrogen and oxygen atoms in total. The third-order valence-electron chi connectivity index (χ3n) is 7.90. The molecule has 0 amide bonds. The fourth-order valence-corrected chi connectivity index (χ4v) is 7.28. The SMILES string of the molecule is CCS(=O)(=O)N1CC[C@H](Nc2c(Br)cnc3[nH]c(-c4cc(C)n(-c5ccc(N6CCOCC6)cc5)c4C)nc23)C1. The zero-order valence-corrected chi connectivity index (χ0v) is 25.3. The number of aromatic amines is 1. The lowest BCUT2D eigenvalue weighted by atomic mass is 10.2. The molecule has 2 aliphatic rings. The van der Waals surface area contributed by atoms with Crippen molar-refractivity contribution in [2.75, 3.05) is 55.4 Å². The summed E-state index contributed by atoms with van der Waals surface area (Å²) in [5.74, 6) is 0.858. The number of aromatic nitrogens is 4. The monoisotopic (exact) mass is 627 g/mol. The number of halogens is 1. The highest BCUT2D eigenvalue weighted by molar-refractivity contribution is 9.10. The Labute approximate surface area is 242 Å². The second-order valence-electron chi connectivity index (χ2n) is 10.4. The predicted octanol–water partition coefficient (Wildman–Crippen LogP) is 4.47. The number of hydrogen-bond acceptors (Lipinski definition) is 7. The number of H-pyrrole nitrogens is 1. The fraction of sp³-hybridized carbons (Fsp3) is 0.429. The van der Waals surface area contributed by atoms with E-state index in [0.29, 0.717) is 18.7 Å². The second kappa shape index (κ2) is 10.8. The molecule has 6 rings (SSSR count). The number of benzene rings is 1. The van der Waals surface area contributed by atoms with Crippen LogP contribution in [-0.4, -0.2) is 83.4 Å². The summed E-state index contributed by atoms with van der Waals surface area (Å²) in [6.07, 6.45) is 2.49. The maximum Gasteiger partial charge on any atom is 0.213 e. The first-order chi connectivity index (χ1) is 19.2. The van der Waals surface area contributed by atoms with Crippen LogP contribution in [0.3, 0.4) is 0 Å². The van der Waals surface area contributed by atoms with Gasteiger partial charge in [0, 0.05) is 66.7 Å². The summed E-state index contributed by atoms with van der Waals surface area (Å²) in [4.78, 5) is 15.3. The van der Waals surface area contributed by atoms with Gasteiger partial charge in [-0.15, -0.1) is 0 Å². The van der Waals surface area contributed by atoms with Gasteiger partial charge in [0.1, 0.15) is 11.3 Å². The van der Waals surface area contributed by atoms with Crippen molar-refractivity contribution < 1.29 is 13.2 Å². The molecule has 1 atom stereocenters. The normalized spacial score (nSPS) is 18.6. The van der Waals surface area contributed by atoms with Gasteiger partial charge in [-0.1, -0.05) is 0 Å². The lowest BCUT2D eigenvalue weighted by Crippen LogP contribution is -2.36. The van der Waals surface area contributed by atoms with Crippen molar-refractivity contribution in [2.45, 2.75) is 33.2 Å². The molecule has 0 radical (unpaired) electrons.